The van der Waals surface area contributed by atoms with Crippen molar-refractivity contribution in [2.75, 3.05) is 4.90 Å². The van der Waals surface area contributed by atoms with Crippen molar-refractivity contribution in [3.63, 3.8) is 0 Å². The van der Waals surface area contributed by atoms with E-state index in [1.807, 2.05) is 0 Å². The van der Waals surface area contributed by atoms with Gasteiger partial charge >= 0.3 is 0 Å². The van der Waals surface area contributed by atoms with Crippen molar-refractivity contribution in [2.24, 2.45) is 0 Å². The molecule has 0 spiro atoms. The summed E-state index contributed by atoms with van der Waals surface area (Å²) in [6.45, 7) is 0. The quantitative estimate of drug-likeness (QED) is 0.282. The Morgan fingerprint density at radius 3 is 1.62 bits per heavy atom. The maximum absolute atomic E-state index is 2.42. The van der Waals surface area contributed by atoms with Gasteiger partial charge in [-0.15, -0.1) is 0 Å². The van der Waals surface area contributed by atoms with Crippen molar-refractivity contribution in [3.8, 4) is 22.3 Å². The molecule has 5 aromatic carbocycles. The van der Waals surface area contributed by atoms with Crippen molar-refractivity contribution >= 4 is 17.1 Å². The van der Waals surface area contributed by atoms with E-state index in [9.17, 15) is 0 Å². The minimum absolute atomic E-state index is 0.942. The van der Waals surface area contributed by atoms with Crippen molar-refractivity contribution in [1.29, 1.82) is 0 Å². The predicted molar refractivity (Wildman–Crippen MR) is 135 cm³/mol. The van der Waals surface area contributed by atoms with Gasteiger partial charge < -0.3 is 4.90 Å². The number of rotatable bonds is 4. The normalized spacial score (nSPS) is 11.6. The summed E-state index contributed by atoms with van der Waals surface area (Å²) in [5.74, 6) is 0. The van der Waals surface area contributed by atoms with Crippen LogP contribution in [0.4, 0.5) is 17.1 Å². The minimum Gasteiger partial charge on any atom is -0.310 e. The molecule has 1 aliphatic rings. The number of fused-ring (bicyclic) bond motifs is 3. The molecule has 0 fully saturated rings. The predicted octanol–water partition coefficient (Wildman–Crippen LogP) is 8.39. The average Bonchev–Trinajstić information content (AvgIpc) is 3.25. The largest absolute Gasteiger partial charge is 0.310 e. The van der Waals surface area contributed by atoms with Gasteiger partial charge in [-0.05, 0) is 52.1 Å². The van der Waals surface area contributed by atoms with Crippen LogP contribution >= 0.6 is 0 Å². The molecule has 0 heterocycles. The van der Waals surface area contributed by atoms with Crippen LogP contribution in [0.3, 0.4) is 0 Å². The van der Waals surface area contributed by atoms with Gasteiger partial charge in [-0.2, -0.15) is 0 Å². The molecule has 32 heavy (non-hydrogen) atoms. The molecular formula is C31H23N. The third kappa shape index (κ3) is 3.11. The van der Waals surface area contributed by atoms with Crippen molar-refractivity contribution in [1.82, 2.24) is 0 Å². The van der Waals surface area contributed by atoms with Crippen molar-refractivity contribution < 1.29 is 0 Å². The summed E-state index contributed by atoms with van der Waals surface area (Å²) < 4.78 is 0. The van der Waals surface area contributed by atoms with E-state index in [-0.39, 0.29) is 0 Å². The van der Waals surface area contributed by atoms with E-state index in [0.29, 0.717) is 0 Å². The van der Waals surface area contributed by atoms with Gasteiger partial charge in [0.25, 0.3) is 0 Å². The van der Waals surface area contributed by atoms with Crippen LogP contribution in [0.2, 0.25) is 0 Å². The summed E-state index contributed by atoms with van der Waals surface area (Å²) in [7, 11) is 0. The molecule has 0 bridgehead atoms. The van der Waals surface area contributed by atoms with Gasteiger partial charge in [0, 0.05) is 23.4 Å². The van der Waals surface area contributed by atoms with E-state index >= 15 is 0 Å². The fourth-order valence-corrected chi connectivity index (χ4v) is 4.86. The molecule has 6 rings (SSSR count). The van der Waals surface area contributed by atoms with Crippen LogP contribution in [-0.4, -0.2) is 0 Å². The van der Waals surface area contributed by atoms with Crippen LogP contribution in [0.25, 0.3) is 22.3 Å². The summed E-state index contributed by atoms with van der Waals surface area (Å²) in [4.78, 5) is 2.42. The lowest BCUT2D eigenvalue weighted by Crippen LogP contribution is -2.13. The third-order valence-electron chi connectivity index (χ3n) is 6.29. The Morgan fingerprint density at radius 2 is 0.969 bits per heavy atom. The zero-order valence-electron chi connectivity index (χ0n) is 17.8. The highest BCUT2D eigenvalue weighted by atomic mass is 15.1. The van der Waals surface area contributed by atoms with E-state index < -0.39 is 0 Å². The summed E-state index contributed by atoms with van der Waals surface area (Å²) in [5, 5.41) is 0. The van der Waals surface area contributed by atoms with Crippen molar-refractivity contribution in [2.45, 2.75) is 6.42 Å². The molecule has 1 aliphatic carbocycles. The molecule has 0 atom stereocenters. The first-order valence-electron chi connectivity index (χ1n) is 11.1. The van der Waals surface area contributed by atoms with Crippen LogP contribution in [0, 0.1) is 0 Å². The van der Waals surface area contributed by atoms with Gasteiger partial charge in [-0.1, -0.05) is 103 Å². The Balaban J connectivity index is 1.68. The highest BCUT2D eigenvalue weighted by Gasteiger charge is 2.27. The second kappa shape index (κ2) is 7.86. The van der Waals surface area contributed by atoms with Gasteiger partial charge in [0.2, 0.25) is 0 Å². The second-order valence-electron chi connectivity index (χ2n) is 8.19. The number of para-hydroxylation sites is 2. The third-order valence-corrected chi connectivity index (χ3v) is 6.29. The number of hydrogen-bond donors (Lipinski definition) is 0. The Hall–Kier alpha value is -4.10. The molecule has 0 saturated carbocycles. The molecule has 0 saturated heterocycles. The van der Waals surface area contributed by atoms with Crippen LogP contribution in [0.5, 0.6) is 0 Å². The minimum atomic E-state index is 0.942. The Kier molecular flexibility index (Phi) is 4.58. The van der Waals surface area contributed by atoms with E-state index in [4.69, 9.17) is 0 Å². The van der Waals surface area contributed by atoms with E-state index in [1.165, 1.54) is 50.4 Å². The van der Waals surface area contributed by atoms with Gasteiger partial charge in [-0.25, -0.2) is 0 Å². The van der Waals surface area contributed by atoms with Crippen LogP contribution in [0.15, 0.2) is 127 Å². The Bertz CT molecular complexity index is 1330. The van der Waals surface area contributed by atoms with E-state index in [0.717, 1.165) is 6.42 Å². The fourth-order valence-electron chi connectivity index (χ4n) is 4.86. The first kappa shape index (κ1) is 18.7. The van der Waals surface area contributed by atoms with E-state index in [1.54, 1.807) is 0 Å². The zero-order valence-corrected chi connectivity index (χ0v) is 17.8. The number of hydrogen-bond acceptors (Lipinski definition) is 1. The number of benzene rings is 5. The molecule has 0 aromatic heterocycles. The molecule has 0 N–H and O–H groups in total. The molecule has 5 aromatic rings. The first-order valence-corrected chi connectivity index (χ1v) is 11.1. The summed E-state index contributed by atoms with van der Waals surface area (Å²) >= 11 is 0. The lowest BCUT2D eigenvalue weighted by Gasteiger charge is -2.30. The van der Waals surface area contributed by atoms with E-state index in [2.05, 4.69) is 132 Å². The van der Waals surface area contributed by atoms with Crippen LogP contribution in [0.1, 0.15) is 11.1 Å². The monoisotopic (exact) mass is 409 g/mol. The highest BCUT2D eigenvalue weighted by Crippen LogP contribution is 2.49. The summed E-state index contributed by atoms with van der Waals surface area (Å²) in [6, 6.07) is 45.6. The fraction of sp³-hybridized carbons (Fsp3) is 0.0323. The molecule has 152 valence electrons. The van der Waals surface area contributed by atoms with Gasteiger partial charge in [0.1, 0.15) is 0 Å². The second-order valence-corrected chi connectivity index (χ2v) is 8.19. The van der Waals surface area contributed by atoms with Crippen molar-refractivity contribution in [3.05, 3.63) is 139 Å². The van der Waals surface area contributed by atoms with Crippen LogP contribution < -0.4 is 4.90 Å². The average molecular weight is 410 g/mol. The van der Waals surface area contributed by atoms with Gasteiger partial charge in [0.15, 0.2) is 0 Å². The first-order chi connectivity index (χ1) is 15.9. The SMILES string of the molecule is c1ccc(-c2ccc3c(c2N(c2ccccc2)c2ccccc2)Cc2ccccc2-3)cc1. The topological polar surface area (TPSA) is 3.24 Å². The number of anilines is 3. The smallest absolute Gasteiger partial charge is 0.0581 e. The highest BCUT2D eigenvalue weighted by molar-refractivity contribution is 5.96. The van der Waals surface area contributed by atoms with Gasteiger partial charge in [-0.3, -0.25) is 0 Å². The molecule has 1 heteroatoms. The molecular weight excluding hydrogens is 386 g/mol. The van der Waals surface area contributed by atoms with Crippen LogP contribution in [-0.2, 0) is 6.42 Å². The molecule has 0 unspecified atom stereocenters. The Labute approximate surface area is 189 Å². The summed E-state index contributed by atoms with van der Waals surface area (Å²) in [6.07, 6.45) is 0.942. The molecule has 0 amide bonds. The molecule has 1 nitrogen and oxygen atoms in total. The maximum Gasteiger partial charge on any atom is 0.0581 e. The molecule has 0 aliphatic heterocycles. The Morgan fingerprint density at radius 1 is 0.438 bits per heavy atom. The molecule has 0 radical (unpaired) electrons. The maximum atomic E-state index is 2.42. The summed E-state index contributed by atoms with van der Waals surface area (Å²) in [5.41, 5.74) is 11.6. The lowest BCUT2D eigenvalue weighted by molar-refractivity contribution is 1.20. The standard InChI is InChI=1S/C31H23N/c1-4-12-23(13-5-1)28-20-21-29-27-19-11-10-14-24(27)22-30(29)31(28)32(25-15-6-2-7-16-25)26-17-8-3-9-18-26/h1-21H,22H2. The van der Waals surface area contributed by atoms with Gasteiger partial charge in [0.05, 0.1) is 5.69 Å². The lowest BCUT2D eigenvalue weighted by atomic mass is 9.94. The zero-order chi connectivity index (χ0) is 21.3. The number of nitrogens with zero attached hydrogens (tertiary/aromatic N) is 1.